The number of hydrogen-bond donors (Lipinski definition) is 1. The van der Waals surface area contributed by atoms with Crippen molar-refractivity contribution in [2.24, 2.45) is 5.92 Å². The Morgan fingerprint density at radius 2 is 1.96 bits per heavy atom. The standard InChI is InChI=1S/C15H21F2NO4S/c1-11(2)10-23(20,21)8-5-15(19)18-6-7-22-12-3-4-13(16)14(17)9-12/h3-4,9,11H,5-8,10H2,1-2H3,(H,18,19). The molecule has 0 fully saturated rings. The van der Waals surface area contributed by atoms with E-state index < -0.39 is 27.4 Å². The number of amides is 1. The Hall–Kier alpha value is -1.70. The summed E-state index contributed by atoms with van der Waals surface area (Å²) in [7, 11) is -3.23. The van der Waals surface area contributed by atoms with E-state index in [1.165, 1.54) is 6.07 Å². The highest BCUT2D eigenvalue weighted by atomic mass is 32.2. The Bertz CT molecular complexity index is 632. The van der Waals surface area contributed by atoms with Crippen LogP contribution in [-0.4, -0.2) is 39.0 Å². The number of ether oxygens (including phenoxy) is 1. The van der Waals surface area contributed by atoms with Gasteiger partial charge in [0.15, 0.2) is 21.5 Å². The molecule has 130 valence electrons. The number of carbonyl (C=O) groups excluding carboxylic acids is 1. The number of nitrogens with one attached hydrogen (secondary N) is 1. The zero-order valence-electron chi connectivity index (χ0n) is 13.1. The van der Waals surface area contributed by atoms with Crippen molar-refractivity contribution < 1.29 is 26.7 Å². The van der Waals surface area contributed by atoms with Gasteiger partial charge in [-0.05, 0) is 18.1 Å². The molecule has 5 nitrogen and oxygen atoms in total. The van der Waals surface area contributed by atoms with Crippen LogP contribution in [0.5, 0.6) is 5.75 Å². The minimum absolute atomic E-state index is 0.0209. The molecule has 0 saturated heterocycles. The lowest BCUT2D eigenvalue weighted by Gasteiger charge is -2.09. The van der Waals surface area contributed by atoms with Crippen LogP contribution in [-0.2, 0) is 14.6 Å². The molecule has 0 aromatic heterocycles. The molecule has 0 bridgehead atoms. The van der Waals surface area contributed by atoms with Gasteiger partial charge in [0.2, 0.25) is 5.91 Å². The molecule has 1 N–H and O–H groups in total. The first-order valence-electron chi connectivity index (χ1n) is 7.24. The van der Waals surface area contributed by atoms with E-state index in [1.54, 1.807) is 13.8 Å². The van der Waals surface area contributed by atoms with Gasteiger partial charge in [-0.2, -0.15) is 0 Å². The van der Waals surface area contributed by atoms with E-state index in [0.29, 0.717) is 0 Å². The first kappa shape index (κ1) is 19.3. The van der Waals surface area contributed by atoms with E-state index in [1.807, 2.05) is 0 Å². The molecule has 23 heavy (non-hydrogen) atoms. The summed E-state index contributed by atoms with van der Waals surface area (Å²) in [5.74, 6) is -2.34. The largest absolute Gasteiger partial charge is 0.492 e. The first-order chi connectivity index (χ1) is 10.7. The third-order valence-corrected chi connectivity index (χ3v) is 4.81. The molecule has 0 heterocycles. The maximum Gasteiger partial charge on any atom is 0.221 e. The predicted molar refractivity (Wildman–Crippen MR) is 83.0 cm³/mol. The van der Waals surface area contributed by atoms with Crippen LogP contribution in [0.4, 0.5) is 8.78 Å². The second-order valence-electron chi connectivity index (χ2n) is 5.53. The molecule has 8 heteroatoms. The van der Waals surface area contributed by atoms with E-state index >= 15 is 0 Å². The average Bonchev–Trinajstić information content (AvgIpc) is 2.44. The van der Waals surface area contributed by atoms with Gasteiger partial charge in [-0.1, -0.05) is 13.8 Å². The third-order valence-electron chi connectivity index (χ3n) is 2.81. The highest BCUT2D eigenvalue weighted by Gasteiger charge is 2.15. The Balaban J connectivity index is 2.25. The molecule has 0 spiro atoms. The van der Waals surface area contributed by atoms with Gasteiger partial charge in [0, 0.05) is 12.5 Å². The highest BCUT2D eigenvalue weighted by Crippen LogP contribution is 2.14. The van der Waals surface area contributed by atoms with Gasteiger partial charge in [0.05, 0.1) is 18.1 Å². The minimum Gasteiger partial charge on any atom is -0.492 e. The van der Waals surface area contributed by atoms with Gasteiger partial charge >= 0.3 is 0 Å². The Labute approximate surface area is 134 Å². The van der Waals surface area contributed by atoms with E-state index in [9.17, 15) is 22.0 Å². The van der Waals surface area contributed by atoms with Gasteiger partial charge < -0.3 is 10.1 Å². The normalized spacial score (nSPS) is 11.5. The van der Waals surface area contributed by atoms with Crippen LogP contribution in [0.3, 0.4) is 0 Å². The lowest BCUT2D eigenvalue weighted by atomic mass is 10.3. The molecule has 0 aliphatic carbocycles. The molecule has 0 aliphatic heterocycles. The van der Waals surface area contributed by atoms with Crippen LogP contribution in [0.15, 0.2) is 18.2 Å². The quantitative estimate of drug-likeness (QED) is 0.692. The van der Waals surface area contributed by atoms with Crippen LogP contribution in [0.2, 0.25) is 0 Å². The summed E-state index contributed by atoms with van der Waals surface area (Å²) < 4.78 is 54.1. The zero-order chi connectivity index (χ0) is 17.5. The molecule has 0 atom stereocenters. The first-order valence-corrected chi connectivity index (χ1v) is 9.07. The topological polar surface area (TPSA) is 72.5 Å². The maximum atomic E-state index is 12.9. The molecule has 0 radical (unpaired) electrons. The zero-order valence-corrected chi connectivity index (χ0v) is 14.0. The summed E-state index contributed by atoms with van der Waals surface area (Å²) in [5, 5.41) is 2.51. The summed E-state index contributed by atoms with van der Waals surface area (Å²) in [6.45, 7) is 3.80. The fraction of sp³-hybridized carbons (Fsp3) is 0.533. The Morgan fingerprint density at radius 3 is 2.57 bits per heavy atom. The van der Waals surface area contributed by atoms with Crippen LogP contribution in [0, 0.1) is 17.6 Å². The number of rotatable bonds is 9. The van der Waals surface area contributed by atoms with Crippen molar-refractivity contribution in [2.75, 3.05) is 24.7 Å². The third kappa shape index (κ3) is 7.92. The van der Waals surface area contributed by atoms with Crippen molar-refractivity contribution in [3.63, 3.8) is 0 Å². The molecule has 0 unspecified atom stereocenters. The Morgan fingerprint density at radius 1 is 1.26 bits per heavy atom. The molecular weight excluding hydrogens is 328 g/mol. The molecule has 1 amide bonds. The number of sulfone groups is 1. The number of benzene rings is 1. The predicted octanol–water partition coefficient (Wildman–Crippen LogP) is 1.92. The van der Waals surface area contributed by atoms with Gasteiger partial charge in [-0.15, -0.1) is 0 Å². The maximum absolute atomic E-state index is 12.9. The fourth-order valence-corrected chi connectivity index (χ4v) is 3.53. The van der Waals surface area contributed by atoms with Crippen LogP contribution < -0.4 is 10.1 Å². The number of halogens is 2. The van der Waals surface area contributed by atoms with Crippen LogP contribution in [0.25, 0.3) is 0 Å². The van der Waals surface area contributed by atoms with Crippen molar-refractivity contribution in [1.82, 2.24) is 5.32 Å². The van der Waals surface area contributed by atoms with Crippen molar-refractivity contribution in [1.29, 1.82) is 0 Å². The summed E-state index contributed by atoms with van der Waals surface area (Å²) in [5.41, 5.74) is 0. The van der Waals surface area contributed by atoms with E-state index in [2.05, 4.69) is 5.32 Å². The van der Waals surface area contributed by atoms with Crippen molar-refractivity contribution in [3.05, 3.63) is 29.8 Å². The van der Waals surface area contributed by atoms with Gasteiger partial charge in [0.1, 0.15) is 12.4 Å². The SMILES string of the molecule is CC(C)CS(=O)(=O)CCC(=O)NCCOc1ccc(F)c(F)c1. The number of carbonyl (C=O) groups is 1. The molecule has 1 aromatic rings. The van der Waals surface area contributed by atoms with Gasteiger partial charge in [-0.3, -0.25) is 4.79 Å². The molecule has 1 rings (SSSR count). The summed E-state index contributed by atoms with van der Waals surface area (Å²) in [6, 6.07) is 3.14. The molecular formula is C15H21F2NO4S. The van der Waals surface area contributed by atoms with E-state index in [-0.39, 0.29) is 42.7 Å². The lowest BCUT2D eigenvalue weighted by Crippen LogP contribution is -2.30. The monoisotopic (exact) mass is 349 g/mol. The lowest BCUT2D eigenvalue weighted by molar-refractivity contribution is -0.120. The summed E-state index contributed by atoms with van der Waals surface area (Å²) in [6.07, 6.45) is -0.111. The molecule has 0 aliphatic rings. The summed E-state index contributed by atoms with van der Waals surface area (Å²) >= 11 is 0. The van der Waals surface area contributed by atoms with Crippen LogP contribution >= 0.6 is 0 Å². The van der Waals surface area contributed by atoms with Crippen molar-refractivity contribution in [2.45, 2.75) is 20.3 Å². The molecule has 1 aromatic carbocycles. The van der Waals surface area contributed by atoms with Crippen LogP contribution in [0.1, 0.15) is 20.3 Å². The van der Waals surface area contributed by atoms with Crippen molar-refractivity contribution in [3.8, 4) is 5.75 Å². The second-order valence-corrected chi connectivity index (χ2v) is 7.76. The van der Waals surface area contributed by atoms with Crippen molar-refractivity contribution >= 4 is 15.7 Å². The second kappa shape index (κ2) is 8.81. The smallest absolute Gasteiger partial charge is 0.221 e. The average molecular weight is 349 g/mol. The fourth-order valence-electron chi connectivity index (χ4n) is 1.85. The molecule has 0 saturated carbocycles. The van der Waals surface area contributed by atoms with Gasteiger partial charge in [-0.25, -0.2) is 17.2 Å². The highest BCUT2D eigenvalue weighted by molar-refractivity contribution is 7.91. The van der Waals surface area contributed by atoms with Gasteiger partial charge in [0.25, 0.3) is 0 Å². The van der Waals surface area contributed by atoms with E-state index in [0.717, 1.165) is 12.1 Å². The Kier molecular flexibility index (Phi) is 7.41. The number of hydrogen-bond acceptors (Lipinski definition) is 4. The van der Waals surface area contributed by atoms with E-state index in [4.69, 9.17) is 4.74 Å². The summed E-state index contributed by atoms with van der Waals surface area (Å²) in [4.78, 5) is 11.5. The minimum atomic E-state index is -3.23.